The van der Waals surface area contributed by atoms with Gasteiger partial charge in [0.1, 0.15) is 6.04 Å². The molecule has 180 valence electrons. The highest BCUT2D eigenvalue weighted by molar-refractivity contribution is 6.06. The fourth-order valence-corrected chi connectivity index (χ4v) is 5.53. The van der Waals surface area contributed by atoms with Gasteiger partial charge >= 0.3 is 0 Å². The average Bonchev–Trinajstić information content (AvgIpc) is 3.08. The number of rotatable bonds is 6. The Morgan fingerprint density at radius 1 is 1.09 bits per heavy atom. The van der Waals surface area contributed by atoms with Crippen molar-refractivity contribution in [3.8, 4) is 0 Å². The van der Waals surface area contributed by atoms with Crippen molar-refractivity contribution in [2.24, 2.45) is 11.1 Å². The van der Waals surface area contributed by atoms with E-state index < -0.39 is 6.04 Å². The number of carbonyl (C=O) groups excluding carboxylic acids is 3. The van der Waals surface area contributed by atoms with Crippen LogP contribution in [0.2, 0.25) is 0 Å². The molecule has 4 rings (SSSR count). The lowest BCUT2D eigenvalue weighted by molar-refractivity contribution is -0.136. The number of carbonyl (C=O) groups is 3. The van der Waals surface area contributed by atoms with E-state index >= 15 is 0 Å². The Bertz CT molecular complexity index is 915. The summed E-state index contributed by atoms with van der Waals surface area (Å²) >= 11 is 0. The second-order valence-electron chi connectivity index (χ2n) is 11.1. The van der Waals surface area contributed by atoms with Gasteiger partial charge < -0.3 is 15.5 Å². The number of imide groups is 1. The predicted octanol–water partition coefficient (Wildman–Crippen LogP) is 3.35. The molecule has 1 atom stereocenters. The molecule has 2 aliphatic heterocycles. The minimum atomic E-state index is -0.586. The zero-order valence-electron chi connectivity index (χ0n) is 20.2. The summed E-state index contributed by atoms with van der Waals surface area (Å²) in [5.41, 5.74) is 9.28. The smallest absolute Gasteiger partial charge is 0.255 e. The molecule has 33 heavy (non-hydrogen) atoms. The van der Waals surface area contributed by atoms with Crippen molar-refractivity contribution in [2.75, 3.05) is 11.4 Å². The Morgan fingerprint density at radius 2 is 1.82 bits per heavy atom. The van der Waals surface area contributed by atoms with E-state index in [9.17, 15) is 14.4 Å². The Hall–Kier alpha value is -2.41. The highest BCUT2D eigenvalue weighted by atomic mass is 16.2. The van der Waals surface area contributed by atoms with E-state index in [2.05, 4.69) is 37.1 Å². The molecule has 3 aliphatic rings. The summed E-state index contributed by atoms with van der Waals surface area (Å²) in [4.78, 5) is 41.5. The predicted molar refractivity (Wildman–Crippen MR) is 129 cm³/mol. The number of fused-ring (bicyclic) bond motifs is 1. The normalized spacial score (nSPS) is 25.8. The van der Waals surface area contributed by atoms with Gasteiger partial charge in [-0.2, -0.15) is 0 Å². The third-order valence-electron chi connectivity index (χ3n) is 7.37. The molecule has 1 saturated carbocycles. The van der Waals surface area contributed by atoms with Crippen LogP contribution >= 0.6 is 0 Å². The number of benzene rings is 1. The fourth-order valence-electron chi connectivity index (χ4n) is 5.53. The van der Waals surface area contributed by atoms with Crippen molar-refractivity contribution in [1.29, 1.82) is 0 Å². The van der Waals surface area contributed by atoms with Gasteiger partial charge in [0.25, 0.3) is 5.91 Å². The Morgan fingerprint density at radius 3 is 2.48 bits per heavy atom. The first kappa shape index (κ1) is 23.7. The summed E-state index contributed by atoms with van der Waals surface area (Å²) in [6, 6.07) is 6.08. The van der Waals surface area contributed by atoms with Gasteiger partial charge in [0.15, 0.2) is 0 Å². The zero-order chi connectivity index (χ0) is 23.8. The first-order valence-electron chi connectivity index (χ1n) is 12.4. The topological polar surface area (TPSA) is 95.7 Å². The summed E-state index contributed by atoms with van der Waals surface area (Å²) in [6.45, 7) is 8.17. The maximum Gasteiger partial charge on any atom is 0.255 e. The molecule has 2 heterocycles. The molecule has 1 saturated heterocycles. The number of amides is 3. The van der Waals surface area contributed by atoms with Crippen LogP contribution in [-0.4, -0.2) is 47.3 Å². The van der Waals surface area contributed by atoms with Crippen LogP contribution in [0.25, 0.3) is 0 Å². The van der Waals surface area contributed by atoms with Gasteiger partial charge in [-0.1, -0.05) is 26.8 Å². The molecule has 3 amide bonds. The van der Waals surface area contributed by atoms with E-state index in [-0.39, 0.29) is 35.6 Å². The van der Waals surface area contributed by atoms with Gasteiger partial charge in [-0.3, -0.25) is 19.7 Å². The molecule has 3 N–H and O–H groups in total. The summed E-state index contributed by atoms with van der Waals surface area (Å²) in [5, 5.41) is 2.39. The molecule has 0 aromatic heterocycles. The minimum absolute atomic E-state index is 0.110. The number of hydrogen-bond acceptors (Lipinski definition) is 5. The molecular weight excluding hydrogens is 416 g/mol. The summed E-state index contributed by atoms with van der Waals surface area (Å²) < 4.78 is 0. The second-order valence-corrected chi connectivity index (χ2v) is 11.1. The molecule has 0 bridgehead atoms. The van der Waals surface area contributed by atoms with Crippen LogP contribution in [-0.2, 0) is 16.1 Å². The number of anilines is 1. The van der Waals surface area contributed by atoms with Crippen LogP contribution in [0.5, 0.6) is 0 Å². The monoisotopic (exact) mass is 454 g/mol. The van der Waals surface area contributed by atoms with Crippen molar-refractivity contribution in [3.05, 3.63) is 29.3 Å². The van der Waals surface area contributed by atoms with E-state index in [1.54, 1.807) is 4.90 Å². The quantitative estimate of drug-likeness (QED) is 0.643. The summed E-state index contributed by atoms with van der Waals surface area (Å²) in [6.07, 6.45) is 7.04. The molecule has 0 radical (unpaired) electrons. The van der Waals surface area contributed by atoms with Crippen molar-refractivity contribution in [2.45, 2.75) is 96.8 Å². The lowest BCUT2D eigenvalue weighted by Gasteiger charge is -2.39. The van der Waals surface area contributed by atoms with E-state index in [0.29, 0.717) is 24.6 Å². The fraction of sp³-hybridized carbons (Fsp3) is 0.654. The number of piperidine rings is 1. The summed E-state index contributed by atoms with van der Waals surface area (Å²) in [7, 11) is 0. The standard InChI is InChI=1S/C26H38N4O3/c1-26(2,3)14-5-15-29(18-10-8-17(27)9-11-18)21-7-4-6-19-20(21)16-30(25(19)33)22-12-13-23(31)28-24(22)32/h4,6-7,17-18,22H,5,8-16,27H2,1-3H3,(H,28,31,32). The lowest BCUT2D eigenvalue weighted by atomic mass is 9.88. The van der Waals surface area contributed by atoms with Gasteiger partial charge in [-0.05, 0) is 62.5 Å². The molecule has 1 unspecified atom stereocenters. The van der Waals surface area contributed by atoms with E-state index in [1.165, 1.54) is 0 Å². The maximum atomic E-state index is 13.3. The summed E-state index contributed by atoms with van der Waals surface area (Å²) in [5.74, 6) is -0.736. The SMILES string of the molecule is CC(C)(C)CCCN(c1cccc2c1CN(C1CCC(=O)NC1=O)C2=O)C1CCC(N)CC1. The average molecular weight is 455 g/mol. The largest absolute Gasteiger partial charge is 0.368 e. The van der Waals surface area contributed by atoms with Crippen molar-refractivity contribution in [1.82, 2.24) is 10.2 Å². The second kappa shape index (κ2) is 9.45. The van der Waals surface area contributed by atoms with E-state index in [1.807, 2.05) is 12.1 Å². The Labute approximate surface area is 197 Å². The number of hydrogen-bond donors (Lipinski definition) is 2. The highest BCUT2D eigenvalue weighted by Crippen LogP contribution is 2.37. The molecule has 1 aliphatic carbocycles. The molecule has 2 fully saturated rings. The van der Waals surface area contributed by atoms with Gasteiger partial charge in [-0.25, -0.2) is 0 Å². The van der Waals surface area contributed by atoms with Gasteiger partial charge in [0.05, 0.1) is 0 Å². The number of nitrogens with two attached hydrogens (primary N) is 1. The zero-order valence-corrected chi connectivity index (χ0v) is 20.2. The third kappa shape index (κ3) is 5.24. The van der Waals surface area contributed by atoms with Crippen LogP contribution in [0, 0.1) is 5.41 Å². The van der Waals surface area contributed by atoms with Gasteiger partial charge in [-0.15, -0.1) is 0 Å². The third-order valence-corrected chi connectivity index (χ3v) is 7.37. The minimum Gasteiger partial charge on any atom is -0.368 e. The molecule has 0 spiro atoms. The van der Waals surface area contributed by atoms with Crippen molar-refractivity contribution in [3.63, 3.8) is 0 Å². The van der Waals surface area contributed by atoms with Crippen molar-refractivity contribution < 1.29 is 14.4 Å². The number of nitrogens with one attached hydrogen (secondary N) is 1. The van der Waals surface area contributed by atoms with Crippen LogP contribution in [0.15, 0.2) is 18.2 Å². The first-order valence-corrected chi connectivity index (χ1v) is 12.4. The maximum absolute atomic E-state index is 13.3. The van der Waals surface area contributed by atoms with Crippen LogP contribution in [0.3, 0.4) is 0 Å². The van der Waals surface area contributed by atoms with Crippen LogP contribution < -0.4 is 16.0 Å². The van der Waals surface area contributed by atoms with Crippen LogP contribution in [0.4, 0.5) is 5.69 Å². The van der Waals surface area contributed by atoms with Gasteiger partial charge in [0.2, 0.25) is 11.8 Å². The first-order chi connectivity index (χ1) is 15.6. The van der Waals surface area contributed by atoms with E-state index in [4.69, 9.17) is 5.73 Å². The van der Waals surface area contributed by atoms with Crippen LogP contribution in [0.1, 0.15) is 88.1 Å². The van der Waals surface area contributed by atoms with Gasteiger partial charge in [0, 0.05) is 48.4 Å². The lowest BCUT2D eigenvalue weighted by Crippen LogP contribution is -2.52. The molecule has 7 heteroatoms. The molecule has 1 aromatic rings. The highest BCUT2D eigenvalue weighted by Gasteiger charge is 2.40. The molecular formula is C26H38N4O3. The Balaban J connectivity index is 1.60. The molecule has 7 nitrogen and oxygen atoms in total. The van der Waals surface area contributed by atoms with Crippen molar-refractivity contribution >= 4 is 23.4 Å². The number of nitrogens with zero attached hydrogens (tertiary/aromatic N) is 2. The molecule has 1 aromatic carbocycles. The van der Waals surface area contributed by atoms with E-state index in [0.717, 1.165) is 56.3 Å². The Kier molecular flexibility index (Phi) is 6.80.